The fourth-order valence-electron chi connectivity index (χ4n) is 2.11. The quantitative estimate of drug-likeness (QED) is 0.791. The molecule has 0 aromatic heterocycles. The van der Waals surface area contributed by atoms with Crippen LogP contribution in [0.3, 0.4) is 0 Å². The zero-order valence-electron chi connectivity index (χ0n) is 12.3. The van der Waals surface area contributed by atoms with Crippen LogP contribution in [-0.4, -0.2) is 19.1 Å². The van der Waals surface area contributed by atoms with Gasteiger partial charge in [0.1, 0.15) is 0 Å². The molecule has 0 aliphatic rings. The molecule has 3 nitrogen and oxygen atoms in total. The summed E-state index contributed by atoms with van der Waals surface area (Å²) in [4.78, 5) is 11.4. The van der Waals surface area contributed by atoms with Crippen molar-refractivity contribution in [3.63, 3.8) is 0 Å². The summed E-state index contributed by atoms with van der Waals surface area (Å²) in [6, 6.07) is 18.3. The Bertz CT molecular complexity index is 549. The van der Waals surface area contributed by atoms with E-state index in [4.69, 9.17) is 4.74 Å². The van der Waals surface area contributed by atoms with E-state index in [1.165, 1.54) is 5.56 Å². The maximum absolute atomic E-state index is 11.4. The minimum absolute atomic E-state index is 0.178. The normalized spacial score (nSPS) is 10.1. The van der Waals surface area contributed by atoms with Crippen LogP contribution in [-0.2, 0) is 22.4 Å². The van der Waals surface area contributed by atoms with E-state index in [2.05, 4.69) is 29.6 Å². The summed E-state index contributed by atoms with van der Waals surface area (Å²) >= 11 is 0. The van der Waals surface area contributed by atoms with E-state index in [1.807, 2.05) is 37.3 Å². The lowest BCUT2D eigenvalue weighted by Crippen LogP contribution is -2.08. The van der Waals surface area contributed by atoms with E-state index >= 15 is 0 Å². The van der Waals surface area contributed by atoms with Gasteiger partial charge in [-0.25, -0.2) is 0 Å². The van der Waals surface area contributed by atoms with Gasteiger partial charge in [0, 0.05) is 12.2 Å². The number of rotatable bonds is 7. The molecule has 110 valence electrons. The second-order valence-corrected chi connectivity index (χ2v) is 4.84. The summed E-state index contributed by atoms with van der Waals surface area (Å²) in [5, 5.41) is 3.38. The van der Waals surface area contributed by atoms with Crippen molar-refractivity contribution in [2.45, 2.75) is 19.8 Å². The molecule has 0 aliphatic carbocycles. The number of ether oxygens (including phenoxy) is 1. The van der Waals surface area contributed by atoms with E-state index in [9.17, 15) is 4.79 Å². The standard InChI is InChI=1S/C18H21NO2/c1-2-21-18(20)14-16-8-10-17(11-9-16)19-13-12-15-6-4-3-5-7-15/h3-11,19H,2,12-14H2,1H3. The van der Waals surface area contributed by atoms with Gasteiger partial charge in [0.15, 0.2) is 0 Å². The molecule has 21 heavy (non-hydrogen) atoms. The number of anilines is 1. The fourth-order valence-corrected chi connectivity index (χ4v) is 2.11. The Morgan fingerprint density at radius 3 is 2.38 bits per heavy atom. The minimum Gasteiger partial charge on any atom is -0.466 e. The van der Waals surface area contributed by atoms with Crippen molar-refractivity contribution >= 4 is 11.7 Å². The molecule has 0 unspecified atom stereocenters. The average molecular weight is 283 g/mol. The van der Waals surface area contributed by atoms with Gasteiger partial charge < -0.3 is 10.1 Å². The van der Waals surface area contributed by atoms with Crippen LogP contribution in [0.5, 0.6) is 0 Å². The van der Waals surface area contributed by atoms with Crippen LogP contribution in [0, 0.1) is 0 Å². The molecular formula is C18H21NO2. The third-order valence-corrected chi connectivity index (χ3v) is 3.19. The molecule has 0 amide bonds. The van der Waals surface area contributed by atoms with Crippen LogP contribution in [0.25, 0.3) is 0 Å². The largest absolute Gasteiger partial charge is 0.466 e. The molecule has 0 heterocycles. The van der Waals surface area contributed by atoms with Crippen molar-refractivity contribution in [3.05, 3.63) is 65.7 Å². The summed E-state index contributed by atoms with van der Waals surface area (Å²) in [7, 11) is 0. The van der Waals surface area contributed by atoms with Gasteiger partial charge in [-0.05, 0) is 36.6 Å². The Kier molecular flexibility index (Phi) is 5.83. The SMILES string of the molecule is CCOC(=O)Cc1ccc(NCCc2ccccc2)cc1. The van der Waals surface area contributed by atoms with Crippen molar-refractivity contribution in [1.82, 2.24) is 0 Å². The third kappa shape index (κ3) is 5.30. The molecule has 0 fully saturated rings. The van der Waals surface area contributed by atoms with Crippen LogP contribution < -0.4 is 5.32 Å². The molecular weight excluding hydrogens is 262 g/mol. The summed E-state index contributed by atoms with van der Waals surface area (Å²) < 4.78 is 4.94. The van der Waals surface area contributed by atoms with Gasteiger partial charge in [0.05, 0.1) is 13.0 Å². The third-order valence-electron chi connectivity index (χ3n) is 3.19. The molecule has 0 spiro atoms. The van der Waals surface area contributed by atoms with Crippen molar-refractivity contribution in [3.8, 4) is 0 Å². The monoisotopic (exact) mass is 283 g/mol. The lowest BCUT2D eigenvalue weighted by atomic mass is 10.1. The zero-order chi connectivity index (χ0) is 14.9. The van der Waals surface area contributed by atoms with Crippen LogP contribution >= 0.6 is 0 Å². The minimum atomic E-state index is -0.178. The topological polar surface area (TPSA) is 38.3 Å². The maximum atomic E-state index is 11.4. The van der Waals surface area contributed by atoms with E-state index < -0.39 is 0 Å². The summed E-state index contributed by atoms with van der Waals surface area (Å²) in [5.41, 5.74) is 3.37. The molecule has 2 aromatic rings. The van der Waals surface area contributed by atoms with Gasteiger partial charge in [-0.1, -0.05) is 42.5 Å². The Morgan fingerprint density at radius 1 is 1.00 bits per heavy atom. The van der Waals surface area contributed by atoms with Crippen molar-refractivity contribution < 1.29 is 9.53 Å². The first-order valence-electron chi connectivity index (χ1n) is 7.30. The molecule has 0 saturated carbocycles. The molecule has 0 bridgehead atoms. The first-order chi connectivity index (χ1) is 10.3. The van der Waals surface area contributed by atoms with E-state index in [-0.39, 0.29) is 5.97 Å². The number of hydrogen-bond acceptors (Lipinski definition) is 3. The van der Waals surface area contributed by atoms with Crippen LogP contribution in [0.2, 0.25) is 0 Å². The lowest BCUT2D eigenvalue weighted by Gasteiger charge is -2.08. The van der Waals surface area contributed by atoms with Gasteiger partial charge in [-0.15, -0.1) is 0 Å². The smallest absolute Gasteiger partial charge is 0.310 e. The number of carbonyl (C=O) groups is 1. The summed E-state index contributed by atoms with van der Waals surface area (Å²) in [6.45, 7) is 3.14. The van der Waals surface area contributed by atoms with Gasteiger partial charge in [-0.2, -0.15) is 0 Å². The second-order valence-electron chi connectivity index (χ2n) is 4.84. The van der Waals surface area contributed by atoms with Gasteiger partial charge in [0.25, 0.3) is 0 Å². The molecule has 0 atom stereocenters. The van der Waals surface area contributed by atoms with Gasteiger partial charge in [0.2, 0.25) is 0 Å². The number of nitrogens with one attached hydrogen (secondary N) is 1. The predicted molar refractivity (Wildman–Crippen MR) is 85.4 cm³/mol. The lowest BCUT2D eigenvalue weighted by molar-refractivity contribution is -0.142. The Labute approximate surface area is 126 Å². The van der Waals surface area contributed by atoms with Crippen molar-refractivity contribution in [2.24, 2.45) is 0 Å². The fraction of sp³-hybridized carbons (Fsp3) is 0.278. The van der Waals surface area contributed by atoms with E-state index in [0.717, 1.165) is 24.2 Å². The maximum Gasteiger partial charge on any atom is 0.310 e. The molecule has 0 aliphatic heterocycles. The predicted octanol–water partition coefficient (Wildman–Crippen LogP) is 3.45. The number of benzene rings is 2. The highest BCUT2D eigenvalue weighted by atomic mass is 16.5. The van der Waals surface area contributed by atoms with Gasteiger partial charge >= 0.3 is 5.97 Å². The Hall–Kier alpha value is -2.29. The summed E-state index contributed by atoms with van der Waals surface area (Å²) in [6.07, 6.45) is 1.32. The highest BCUT2D eigenvalue weighted by Gasteiger charge is 2.03. The van der Waals surface area contributed by atoms with Gasteiger partial charge in [-0.3, -0.25) is 4.79 Å². The molecule has 0 saturated heterocycles. The zero-order valence-corrected chi connectivity index (χ0v) is 12.3. The Balaban J connectivity index is 1.78. The van der Waals surface area contributed by atoms with Crippen LogP contribution in [0.15, 0.2) is 54.6 Å². The van der Waals surface area contributed by atoms with E-state index in [0.29, 0.717) is 13.0 Å². The average Bonchev–Trinajstić information content (AvgIpc) is 2.50. The molecule has 1 N–H and O–H groups in total. The second kappa shape index (κ2) is 8.10. The first kappa shape index (κ1) is 15.1. The number of hydrogen-bond donors (Lipinski definition) is 1. The van der Waals surface area contributed by atoms with E-state index in [1.54, 1.807) is 0 Å². The molecule has 2 aromatic carbocycles. The van der Waals surface area contributed by atoms with Crippen LogP contribution in [0.1, 0.15) is 18.1 Å². The molecule has 2 rings (SSSR count). The van der Waals surface area contributed by atoms with Crippen molar-refractivity contribution in [1.29, 1.82) is 0 Å². The number of carbonyl (C=O) groups excluding carboxylic acids is 1. The van der Waals surface area contributed by atoms with Crippen LogP contribution in [0.4, 0.5) is 5.69 Å². The molecule has 3 heteroatoms. The Morgan fingerprint density at radius 2 is 1.71 bits per heavy atom. The highest BCUT2D eigenvalue weighted by Crippen LogP contribution is 2.11. The van der Waals surface area contributed by atoms with Crippen molar-refractivity contribution in [2.75, 3.05) is 18.5 Å². The summed E-state index contributed by atoms with van der Waals surface area (Å²) in [5.74, 6) is -0.178. The number of esters is 1. The highest BCUT2D eigenvalue weighted by molar-refractivity contribution is 5.72. The molecule has 0 radical (unpaired) electrons. The first-order valence-corrected chi connectivity index (χ1v) is 7.30.